The Morgan fingerprint density at radius 1 is 1.07 bits per heavy atom. The van der Waals surface area contributed by atoms with Gasteiger partial charge in [0.1, 0.15) is 0 Å². The van der Waals surface area contributed by atoms with Gasteiger partial charge in [0.15, 0.2) is 0 Å². The van der Waals surface area contributed by atoms with E-state index < -0.39 is 0 Å². The van der Waals surface area contributed by atoms with Crippen molar-refractivity contribution in [2.75, 3.05) is 18.8 Å². The average molecular weight is 379 g/mol. The van der Waals surface area contributed by atoms with Crippen LogP contribution in [0.25, 0.3) is 10.9 Å². The number of nitrogen functional groups attached to an aromatic ring is 1. The molecule has 4 nitrogen and oxygen atoms in total. The van der Waals surface area contributed by atoms with Crippen LogP contribution in [0.1, 0.15) is 37.3 Å². The van der Waals surface area contributed by atoms with Gasteiger partial charge in [-0.1, -0.05) is 12.1 Å². The van der Waals surface area contributed by atoms with Crippen LogP contribution < -0.4 is 5.73 Å². The second-order valence-corrected chi connectivity index (χ2v) is 9.27. The van der Waals surface area contributed by atoms with Crippen molar-refractivity contribution in [2.45, 2.75) is 48.4 Å². The first-order chi connectivity index (χ1) is 13.2. The predicted octanol–water partition coefficient (Wildman–Crippen LogP) is 4.71. The molecule has 5 rings (SSSR count). The van der Waals surface area contributed by atoms with Crippen LogP contribution >= 0.6 is 11.8 Å². The maximum atomic E-state index is 5.91. The zero-order valence-electron chi connectivity index (χ0n) is 15.6. The van der Waals surface area contributed by atoms with Crippen LogP contribution in [-0.4, -0.2) is 33.0 Å². The number of hydrogen-bond donors (Lipinski definition) is 1. The number of fused-ring (bicyclic) bond motifs is 1. The number of benzene rings is 2. The van der Waals surface area contributed by atoms with Crippen LogP contribution in [0.2, 0.25) is 0 Å². The summed E-state index contributed by atoms with van der Waals surface area (Å²) < 4.78 is 2.20. The first-order valence-corrected chi connectivity index (χ1v) is 10.8. The molecule has 1 saturated heterocycles. The Morgan fingerprint density at radius 3 is 2.74 bits per heavy atom. The lowest BCUT2D eigenvalue weighted by molar-refractivity contribution is 0.165. The van der Waals surface area contributed by atoms with E-state index in [0.717, 1.165) is 29.4 Å². The highest BCUT2D eigenvalue weighted by Gasteiger charge is 2.24. The SMILES string of the molecule is Nc1ccc2c(cnn2C2CCCN(Cc3ccc(SC4CC4)cc3)C2)c1. The second-order valence-electron chi connectivity index (χ2n) is 7.90. The molecule has 140 valence electrons. The summed E-state index contributed by atoms with van der Waals surface area (Å²) in [7, 11) is 0. The Morgan fingerprint density at radius 2 is 1.93 bits per heavy atom. The maximum Gasteiger partial charge on any atom is 0.0687 e. The van der Waals surface area contributed by atoms with Gasteiger partial charge in [-0.2, -0.15) is 5.10 Å². The van der Waals surface area contributed by atoms with E-state index in [9.17, 15) is 0 Å². The van der Waals surface area contributed by atoms with Gasteiger partial charge in [0.05, 0.1) is 17.8 Å². The topological polar surface area (TPSA) is 47.1 Å². The molecule has 0 amide bonds. The number of nitrogens with zero attached hydrogens (tertiary/aromatic N) is 3. The summed E-state index contributed by atoms with van der Waals surface area (Å²) in [6.45, 7) is 3.25. The lowest BCUT2D eigenvalue weighted by Gasteiger charge is -2.33. The fraction of sp³-hybridized carbons (Fsp3) is 0.409. The Bertz CT molecular complexity index is 929. The van der Waals surface area contributed by atoms with Crippen molar-refractivity contribution in [1.29, 1.82) is 0 Å². The highest BCUT2D eigenvalue weighted by Crippen LogP contribution is 2.39. The molecular formula is C22H26N4S. The molecule has 1 aliphatic heterocycles. The van der Waals surface area contributed by atoms with Gasteiger partial charge in [-0.05, 0) is 68.1 Å². The molecule has 1 aliphatic carbocycles. The predicted molar refractivity (Wildman–Crippen MR) is 113 cm³/mol. The molecule has 1 aromatic heterocycles. The molecule has 1 unspecified atom stereocenters. The quantitative estimate of drug-likeness (QED) is 0.653. The highest BCUT2D eigenvalue weighted by atomic mass is 32.2. The van der Waals surface area contributed by atoms with Crippen LogP contribution in [0, 0.1) is 0 Å². The first kappa shape index (κ1) is 17.1. The minimum Gasteiger partial charge on any atom is -0.399 e. The molecule has 0 radical (unpaired) electrons. The molecule has 0 spiro atoms. The van der Waals surface area contributed by atoms with E-state index in [-0.39, 0.29) is 0 Å². The third-order valence-electron chi connectivity index (χ3n) is 5.60. The summed E-state index contributed by atoms with van der Waals surface area (Å²) in [5, 5.41) is 6.69. The molecule has 2 aromatic carbocycles. The van der Waals surface area contributed by atoms with Gasteiger partial charge in [0.25, 0.3) is 0 Å². The Hall–Kier alpha value is -1.98. The summed E-state index contributed by atoms with van der Waals surface area (Å²) in [5.74, 6) is 0. The molecular weight excluding hydrogens is 352 g/mol. The van der Waals surface area contributed by atoms with Gasteiger partial charge in [-0.3, -0.25) is 9.58 Å². The van der Waals surface area contributed by atoms with E-state index in [1.807, 2.05) is 30.1 Å². The fourth-order valence-electron chi connectivity index (χ4n) is 4.05. The summed E-state index contributed by atoms with van der Waals surface area (Å²) in [4.78, 5) is 3.99. The normalized spacial score (nSPS) is 21.0. The highest BCUT2D eigenvalue weighted by molar-refractivity contribution is 8.00. The molecule has 1 saturated carbocycles. The molecule has 2 heterocycles. The number of hydrogen-bond acceptors (Lipinski definition) is 4. The molecule has 5 heteroatoms. The molecule has 1 atom stereocenters. The Labute approximate surface area is 164 Å². The van der Waals surface area contributed by atoms with Gasteiger partial charge >= 0.3 is 0 Å². The minimum atomic E-state index is 0.435. The van der Waals surface area contributed by atoms with Crippen molar-refractivity contribution in [3.63, 3.8) is 0 Å². The number of rotatable bonds is 5. The van der Waals surface area contributed by atoms with Crippen molar-refractivity contribution in [3.8, 4) is 0 Å². The Balaban J connectivity index is 1.27. The van der Waals surface area contributed by atoms with Crippen LogP contribution in [0.4, 0.5) is 5.69 Å². The summed E-state index contributed by atoms with van der Waals surface area (Å²) in [5.41, 5.74) is 9.32. The molecule has 2 N–H and O–H groups in total. The number of nitrogens with two attached hydrogens (primary N) is 1. The monoisotopic (exact) mass is 378 g/mol. The molecule has 27 heavy (non-hydrogen) atoms. The number of aromatic nitrogens is 2. The van der Waals surface area contributed by atoms with E-state index in [4.69, 9.17) is 5.73 Å². The first-order valence-electron chi connectivity index (χ1n) is 9.95. The van der Waals surface area contributed by atoms with Crippen molar-refractivity contribution in [2.24, 2.45) is 0 Å². The third kappa shape index (κ3) is 3.85. The molecule has 2 fully saturated rings. The number of thioether (sulfide) groups is 1. The summed E-state index contributed by atoms with van der Waals surface area (Å²) in [6.07, 6.45) is 7.12. The van der Waals surface area contributed by atoms with Crippen molar-refractivity contribution in [3.05, 3.63) is 54.2 Å². The van der Waals surface area contributed by atoms with Crippen molar-refractivity contribution >= 4 is 28.4 Å². The largest absolute Gasteiger partial charge is 0.399 e. The second kappa shape index (κ2) is 7.21. The van der Waals surface area contributed by atoms with Gasteiger partial charge in [0.2, 0.25) is 0 Å². The lowest BCUT2D eigenvalue weighted by atomic mass is 10.0. The fourth-order valence-corrected chi connectivity index (χ4v) is 5.10. The van der Waals surface area contributed by atoms with E-state index in [0.29, 0.717) is 6.04 Å². The summed E-state index contributed by atoms with van der Waals surface area (Å²) >= 11 is 2.03. The van der Waals surface area contributed by atoms with Gasteiger partial charge < -0.3 is 5.73 Å². The average Bonchev–Trinajstić information content (AvgIpc) is 3.40. The van der Waals surface area contributed by atoms with Crippen LogP contribution in [0.15, 0.2) is 53.6 Å². The lowest BCUT2D eigenvalue weighted by Crippen LogP contribution is -2.36. The zero-order valence-corrected chi connectivity index (χ0v) is 16.4. The number of anilines is 1. The third-order valence-corrected chi connectivity index (χ3v) is 6.95. The smallest absolute Gasteiger partial charge is 0.0687 e. The van der Waals surface area contributed by atoms with E-state index in [1.165, 1.54) is 48.2 Å². The van der Waals surface area contributed by atoms with Gasteiger partial charge in [0, 0.05) is 34.3 Å². The molecule has 0 bridgehead atoms. The number of likely N-dealkylation sites (tertiary alicyclic amines) is 1. The molecule has 2 aliphatic rings. The standard InChI is InChI=1S/C22H26N4S/c23-18-5-10-22-17(12-18)13-24-26(22)19-2-1-11-25(15-19)14-16-3-6-20(7-4-16)27-21-8-9-21/h3-7,10,12-13,19,21H,1-2,8-9,11,14-15,23H2. The van der Waals surface area contributed by atoms with Gasteiger partial charge in [-0.25, -0.2) is 0 Å². The van der Waals surface area contributed by atoms with Crippen LogP contribution in [-0.2, 0) is 6.54 Å². The minimum absolute atomic E-state index is 0.435. The number of piperidine rings is 1. The van der Waals surface area contributed by atoms with Gasteiger partial charge in [-0.15, -0.1) is 11.8 Å². The van der Waals surface area contributed by atoms with E-state index in [1.54, 1.807) is 0 Å². The van der Waals surface area contributed by atoms with Crippen molar-refractivity contribution in [1.82, 2.24) is 14.7 Å². The molecule has 3 aromatic rings. The van der Waals surface area contributed by atoms with Crippen molar-refractivity contribution < 1.29 is 0 Å². The van der Waals surface area contributed by atoms with Crippen LogP contribution in [0.5, 0.6) is 0 Å². The van der Waals surface area contributed by atoms with E-state index in [2.05, 4.69) is 45.0 Å². The zero-order chi connectivity index (χ0) is 18.2. The maximum absolute atomic E-state index is 5.91. The van der Waals surface area contributed by atoms with Crippen LogP contribution in [0.3, 0.4) is 0 Å². The summed E-state index contributed by atoms with van der Waals surface area (Å²) in [6, 6.07) is 15.7. The van der Waals surface area contributed by atoms with E-state index >= 15 is 0 Å². The Kier molecular flexibility index (Phi) is 4.58.